The fourth-order valence-corrected chi connectivity index (χ4v) is 9.19. The molecule has 2 aromatic carbocycles. The van der Waals surface area contributed by atoms with Crippen molar-refractivity contribution < 1.29 is 0 Å². The van der Waals surface area contributed by atoms with E-state index in [9.17, 15) is 0 Å². The topological polar surface area (TPSA) is 6.48 Å². The number of allylic oxidation sites excluding steroid dienone is 2. The first-order valence-corrected chi connectivity index (χ1v) is 14.8. The smallest absolute Gasteiger partial charge is 0.0715 e. The Labute approximate surface area is 190 Å². The number of hydrogen-bond donors (Lipinski definition) is 0. The van der Waals surface area contributed by atoms with Crippen LogP contribution in [0.3, 0.4) is 0 Å². The Morgan fingerprint density at radius 3 is 1.42 bits per heavy atom. The summed E-state index contributed by atoms with van der Waals surface area (Å²) >= 11 is 0. The van der Waals surface area contributed by atoms with E-state index in [4.69, 9.17) is 0 Å². The molecule has 0 fully saturated rings. The SMILES string of the molecule is CN(C)CCC1=CC([Si](C)(C)C2C=C(CCN(C)C)c3ccccc32)c2ccccc21. The third-order valence-electron chi connectivity index (χ3n) is 7.28. The zero-order chi connectivity index (χ0) is 22.2. The third-order valence-corrected chi connectivity index (χ3v) is 11.4. The monoisotopic (exact) mass is 430 g/mol. The molecule has 0 N–H and O–H groups in total. The molecule has 164 valence electrons. The van der Waals surface area contributed by atoms with Gasteiger partial charge in [-0.25, -0.2) is 0 Å². The lowest BCUT2D eigenvalue weighted by Gasteiger charge is -2.35. The first-order valence-electron chi connectivity index (χ1n) is 11.7. The van der Waals surface area contributed by atoms with Gasteiger partial charge in [0, 0.05) is 13.1 Å². The molecule has 0 amide bonds. The molecule has 4 rings (SSSR count). The van der Waals surface area contributed by atoms with Gasteiger partial charge in [-0.1, -0.05) is 73.8 Å². The van der Waals surface area contributed by atoms with Crippen LogP contribution in [0, 0.1) is 0 Å². The molecule has 2 unspecified atom stereocenters. The molecule has 3 heteroatoms. The minimum absolute atomic E-state index is 0.573. The fourth-order valence-electron chi connectivity index (χ4n) is 5.43. The van der Waals surface area contributed by atoms with Gasteiger partial charge in [0.2, 0.25) is 0 Å². The van der Waals surface area contributed by atoms with Gasteiger partial charge < -0.3 is 9.80 Å². The molecule has 0 aliphatic heterocycles. The summed E-state index contributed by atoms with van der Waals surface area (Å²) in [5, 5.41) is 0. The Kier molecular flexibility index (Phi) is 6.39. The van der Waals surface area contributed by atoms with E-state index in [2.05, 4.69) is 112 Å². The summed E-state index contributed by atoms with van der Waals surface area (Å²) in [5.74, 6) is 0. The molecule has 2 aromatic rings. The summed E-state index contributed by atoms with van der Waals surface area (Å²) < 4.78 is 0. The van der Waals surface area contributed by atoms with Gasteiger partial charge in [0.1, 0.15) is 0 Å². The second-order valence-electron chi connectivity index (χ2n) is 10.4. The van der Waals surface area contributed by atoms with Gasteiger partial charge in [0.05, 0.1) is 8.07 Å². The van der Waals surface area contributed by atoms with Crippen LogP contribution in [-0.2, 0) is 0 Å². The van der Waals surface area contributed by atoms with Crippen molar-refractivity contribution in [3.8, 4) is 0 Å². The zero-order valence-corrected chi connectivity index (χ0v) is 21.2. The van der Waals surface area contributed by atoms with Gasteiger partial charge in [-0.15, -0.1) is 0 Å². The molecular weight excluding hydrogens is 392 g/mol. The second-order valence-corrected chi connectivity index (χ2v) is 15.3. The normalized spacial score (nSPS) is 20.1. The standard InChI is InChI=1S/C28H38N2Si/c1-29(2)17-15-21-19-27(25-13-9-7-11-23(21)25)31(5,6)28-20-22(16-18-30(3)4)24-12-8-10-14-26(24)28/h7-14,19-20,27-28H,15-18H2,1-6H3. The van der Waals surface area contributed by atoms with Crippen molar-refractivity contribution in [2.45, 2.75) is 37.0 Å². The van der Waals surface area contributed by atoms with E-state index in [1.165, 1.54) is 11.1 Å². The van der Waals surface area contributed by atoms with E-state index in [0.717, 1.165) is 25.9 Å². The average molecular weight is 431 g/mol. The Hall–Kier alpha value is -1.94. The second kappa shape index (κ2) is 8.89. The van der Waals surface area contributed by atoms with E-state index in [1.807, 2.05) is 0 Å². The van der Waals surface area contributed by atoms with E-state index < -0.39 is 8.07 Å². The minimum atomic E-state index is -1.72. The highest BCUT2D eigenvalue weighted by Gasteiger charge is 2.44. The molecule has 0 aromatic heterocycles. The number of hydrogen-bond acceptors (Lipinski definition) is 2. The quantitative estimate of drug-likeness (QED) is 0.471. The van der Waals surface area contributed by atoms with Gasteiger partial charge in [0.15, 0.2) is 0 Å². The summed E-state index contributed by atoms with van der Waals surface area (Å²) in [6.07, 6.45) is 7.57. The summed E-state index contributed by atoms with van der Waals surface area (Å²) in [6.45, 7) is 7.45. The van der Waals surface area contributed by atoms with Crippen molar-refractivity contribution in [3.05, 3.63) is 82.9 Å². The van der Waals surface area contributed by atoms with Crippen LogP contribution in [0.1, 0.15) is 46.2 Å². The molecule has 2 aliphatic rings. The molecule has 0 spiro atoms. The van der Waals surface area contributed by atoms with Crippen molar-refractivity contribution in [1.82, 2.24) is 9.80 Å². The molecule has 2 aliphatic carbocycles. The zero-order valence-electron chi connectivity index (χ0n) is 20.2. The molecule has 2 atom stereocenters. The van der Waals surface area contributed by atoms with E-state index in [0.29, 0.717) is 11.1 Å². The number of nitrogens with zero attached hydrogens (tertiary/aromatic N) is 2. The number of rotatable bonds is 8. The lowest BCUT2D eigenvalue weighted by Crippen LogP contribution is -2.39. The van der Waals surface area contributed by atoms with Crippen molar-refractivity contribution in [1.29, 1.82) is 0 Å². The predicted octanol–water partition coefficient (Wildman–Crippen LogP) is 6.04. The highest BCUT2D eigenvalue weighted by atomic mass is 28.3. The summed E-state index contributed by atoms with van der Waals surface area (Å²) in [6, 6.07) is 18.4. The first kappa shape index (κ1) is 22.3. The van der Waals surface area contributed by atoms with Crippen molar-refractivity contribution in [2.75, 3.05) is 41.3 Å². The van der Waals surface area contributed by atoms with Crippen LogP contribution < -0.4 is 0 Å². The highest BCUT2D eigenvalue weighted by Crippen LogP contribution is 2.51. The summed E-state index contributed by atoms with van der Waals surface area (Å²) in [5.41, 5.74) is 10.4. The van der Waals surface area contributed by atoms with E-state index in [-0.39, 0.29) is 0 Å². The van der Waals surface area contributed by atoms with Crippen LogP contribution in [0.25, 0.3) is 11.1 Å². The van der Waals surface area contributed by atoms with Crippen molar-refractivity contribution >= 4 is 19.2 Å². The van der Waals surface area contributed by atoms with Crippen LogP contribution >= 0.6 is 0 Å². The number of benzene rings is 2. The van der Waals surface area contributed by atoms with Gasteiger partial charge in [-0.2, -0.15) is 0 Å². The maximum atomic E-state index is 2.65. The van der Waals surface area contributed by atoms with E-state index in [1.54, 1.807) is 22.3 Å². The fraction of sp³-hybridized carbons (Fsp3) is 0.429. The Balaban J connectivity index is 1.70. The first-order chi connectivity index (χ1) is 14.8. The number of fused-ring (bicyclic) bond motifs is 2. The molecule has 2 nitrogen and oxygen atoms in total. The van der Waals surface area contributed by atoms with Crippen molar-refractivity contribution in [2.24, 2.45) is 0 Å². The minimum Gasteiger partial charge on any atom is -0.309 e. The summed E-state index contributed by atoms with van der Waals surface area (Å²) in [4.78, 5) is 4.60. The van der Waals surface area contributed by atoms with Crippen LogP contribution in [0.4, 0.5) is 0 Å². The predicted molar refractivity (Wildman–Crippen MR) is 138 cm³/mol. The summed E-state index contributed by atoms with van der Waals surface area (Å²) in [7, 11) is 6.98. The maximum absolute atomic E-state index is 2.65. The van der Waals surface area contributed by atoms with Crippen LogP contribution in [0.15, 0.2) is 60.7 Å². The largest absolute Gasteiger partial charge is 0.309 e. The van der Waals surface area contributed by atoms with Crippen molar-refractivity contribution in [3.63, 3.8) is 0 Å². The lowest BCUT2D eigenvalue weighted by molar-refractivity contribution is 0.419. The highest BCUT2D eigenvalue weighted by molar-refractivity contribution is 6.81. The van der Waals surface area contributed by atoms with Gasteiger partial charge in [-0.05, 0) is 85.5 Å². The Morgan fingerprint density at radius 2 is 1.03 bits per heavy atom. The lowest BCUT2D eigenvalue weighted by atomic mass is 10.0. The molecule has 31 heavy (non-hydrogen) atoms. The third kappa shape index (κ3) is 4.37. The Morgan fingerprint density at radius 1 is 0.645 bits per heavy atom. The molecule has 0 radical (unpaired) electrons. The molecular formula is C28H38N2Si. The van der Waals surface area contributed by atoms with Gasteiger partial charge in [-0.3, -0.25) is 0 Å². The Bertz CT molecular complexity index is 920. The molecule has 0 heterocycles. The molecule has 0 saturated heterocycles. The van der Waals surface area contributed by atoms with Gasteiger partial charge in [0.25, 0.3) is 0 Å². The molecule has 0 saturated carbocycles. The van der Waals surface area contributed by atoms with Crippen LogP contribution in [-0.4, -0.2) is 59.2 Å². The van der Waals surface area contributed by atoms with Crippen LogP contribution in [0.5, 0.6) is 0 Å². The average Bonchev–Trinajstić information content (AvgIpc) is 3.30. The van der Waals surface area contributed by atoms with Crippen LogP contribution in [0.2, 0.25) is 13.1 Å². The maximum Gasteiger partial charge on any atom is 0.0715 e. The van der Waals surface area contributed by atoms with Gasteiger partial charge >= 0.3 is 0 Å². The van der Waals surface area contributed by atoms with E-state index >= 15 is 0 Å². The molecule has 0 bridgehead atoms.